The van der Waals surface area contributed by atoms with Crippen molar-refractivity contribution in [2.45, 2.75) is 52.6 Å². The molecule has 4 aliphatic carbocycles. The molecule has 2 heteroatoms. The highest BCUT2D eigenvalue weighted by Gasteiger charge is 2.80. The lowest BCUT2D eigenvalue weighted by Gasteiger charge is -2.35. The van der Waals surface area contributed by atoms with Gasteiger partial charge in [-0.15, -0.1) is 0 Å². The summed E-state index contributed by atoms with van der Waals surface area (Å²) in [5.74, 6) is 2.94. The van der Waals surface area contributed by atoms with E-state index in [1.165, 1.54) is 19.3 Å². The molecule has 96 valence electrons. The van der Waals surface area contributed by atoms with Gasteiger partial charge in [0.05, 0.1) is 0 Å². The largest absolute Gasteiger partial charge is 0.251 e. The fourth-order valence-corrected chi connectivity index (χ4v) is 5.33. The van der Waals surface area contributed by atoms with Gasteiger partial charge in [-0.1, -0.05) is 20.4 Å². The quantitative estimate of drug-likeness (QED) is 0.446. The lowest BCUT2D eigenvalue weighted by atomic mass is 9.70. The molecule has 4 saturated carbocycles. The smallest absolute Gasteiger partial charge is 0.113 e. The maximum atomic E-state index is 8.91. The molecule has 4 fully saturated rings. The first kappa shape index (κ1) is 11.7. The second kappa shape index (κ2) is 3.36. The maximum Gasteiger partial charge on any atom is 0.113 e. The molecule has 0 saturated heterocycles. The highest BCUT2D eigenvalue weighted by atomic mass is 17.1. The van der Waals surface area contributed by atoms with Crippen LogP contribution in [0.25, 0.3) is 0 Å². The summed E-state index contributed by atoms with van der Waals surface area (Å²) in [4.78, 5) is 4.55. The molecule has 4 rings (SSSR count). The predicted octanol–water partition coefficient (Wildman–Crippen LogP) is 3.88. The van der Waals surface area contributed by atoms with Crippen molar-refractivity contribution in [3.63, 3.8) is 0 Å². The molecule has 2 unspecified atom stereocenters. The highest BCUT2D eigenvalue weighted by molar-refractivity contribution is 5.28. The molecular formula is C15H24O2. The van der Waals surface area contributed by atoms with Crippen LogP contribution in [-0.4, -0.2) is 11.4 Å². The Bertz CT molecular complexity index is 350. The van der Waals surface area contributed by atoms with Gasteiger partial charge in [0, 0.05) is 0 Å². The highest BCUT2D eigenvalue weighted by Crippen LogP contribution is 2.87. The van der Waals surface area contributed by atoms with E-state index in [-0.39, 0.29) is 6.10 Å². The monoisotopic (exact) mass is 236 g/mol. The summed E-state index contributed by atoms with van der Waals surface area (Å²) in [6, 6.07) is 0. The summed E-state index contributed by atoms with van der Waals surface area (Å²) in [7, 11) is 0. The van der Waals surface area contributed by atoms with Crippen LogP contribution in [0, 0.1) is 28.6 Å². The number of hydrogen-bond donors (Lipinski definition) is 1. The third kappa shape index (κ3) is 1.23. The van der Waals surface area contributed by atoms with E-state index in [1.807, 2.05) is 6.92 Å². The Morgan fingerprint density at radius 1 is 1.41 bits per heavy atom. The van der Waals surface area contributed by atoms with E-state index in [1.54, 1.807) is 0 Å². The van der Waals surface area contributed by atoms with E-state index in [0.717, 1.165) is 29.7 Å². The van der Waals surface area contributed by atoms with E-state index >= 15 is 0 Å². The molecule has 0 spiro atoms. The second-order valence-corrected chi connectivity index (χ2v) is 7.06. The molecule has 0 heterocycles. The van der Waals surface area contributed by atoms with Gasteiger partial charge in [0.15, 0.2) is 0 Å². The zero-order valence-corrected chi connectivity index (χ0v) is 11.2. The summed E-state index contributed by atoms with van der Waals surface area (Å²) >= 11 is 0. The molecule has 0 aromatic rings. The Morgan fingerprint density at radius 2 is 2.00 bits per heavy atom. The van der Waals surface area contributed by atoms with Gasteiger partial charge in [0.25, 0.3) is 0 Å². The van der Waals surface area contributed by atoms with Crippen LogP contribution in [0.3, 0.4) is 0 Å². The Morgan fingerprint density at radius 3 is 2.35 bits per heavy atom. The molecule has 2 nitrogen and oxygen atoms in total. The molecule has 0 aromatic carbocycles. The van der Waals surface area contributed by atoms with Crippen molar-refractivity contribution in [2.75, 3.05) is 0 Å². The van der Waals surface area contributed by atoms with E-state index in [9.17, 15) is 0 Å². The van der Waals surface area contributed by atoms with Crippen LogP contribution in [0.5, 0.6) is 0 Å². The van der Waals surface area contributed by atoms with Crippen LogP contribution in [0.4, 0.5) is 0 Å². The van der Waals surface area contributed by atoms with Crippen LogP contribution in [0.15, 0.2) is 12.2 Å². The Hall–Kier alpha value is -0.340. The molecule has 4 aliphatic rings. The lowest BCUT2D eigenvalue weighted by Crippen LogP contribution is -2.29. The second-order valence-electron chi connectivity index (χ2n) is 7.06. The molecule has 0 aliphatic heterocycles. The molecule has 0 amide bonds. The maximum absolute atomic E-state index is 8.91. The van der Waals surface area contributed by atoms with Gasteiger partial charge in [0.1, 0.15) is 6.10 Å². The minimum atomic E-state index is -0.176. The van der Waals surface area contributed by atoms with Gasteiger partial charge in [-0.2, -0.15) is 0 Å². The first-order chi connectivity index (χ1) is 7.95. The van der Waals surface area contributed by atoms with Crippen molar-refractivity contribution in [3.8, 4) is 0 Å². The summed E-state index contributed by atoms with van der Waals surface area (Å²) in [5, 5.41) is 8.91. The zero-order chi connectivity index (χ0) is 12.4. The van der Waals surface area contributed by atoms with E-state index < -0.39 is 0 Å². The number of hydrogen-bond acceptors (Lipinski definition) is 2. The third-order valence-corrected chi connectivity index (χ3v) is 6.73. The van der Waals surface area contributed by atoms with Gasteiger partial charge >= 0.3 is 0 Å². The zero-order valence-electron chi connectivity index (χ0n) is 11.2. The minimum Gasteiger partial charge on any atom is -0.251 e. The average molecular weight is 236 g/mol. The molecule has 0 radical (unpaired) electrons. The molecule has 1 N–H and O–H groups in total. The third-order valence-electron chi connectivity index (χ3n) is 6.73. The summed E-state index contributed by atoms with van der Waals surface area (Å²) in [6.45, 7) is 10.8. The molecule has 4 bridgehead atoms. The molecular weight excluding hydrogens is 212 g/mol. The SMILES string of the molecule is C=C(C)[C@H](CC[C@@]1(C)C2C[C@@H]3[C@H](C2)C31C)OO. The molecule has 17 heavy (non-hydrogen) atoms. The average Bonchev–Trinajstić information content (AvgIpc) is 2.64. The first-order valence-electron chi connectivity index (χ1n) is 6.90. The van der Waals surface area contributed by atoms with E-state index in [0.29, 0.717) is 10.8 Å². The first-order valence-corrected chi connectivity index (χ1v) is 6.90. The van der Waals surface area contributed by atoms with Crippen molar-refractivity contribution in [1.29, 1.82) is 0 Å². The van der Waals surface area contributed by atoms with Crippen molar-refractivity contribution in [2.24, 2.45) is 28.6 Å². The number of rotatable bonds is 5. The molecule has 0 aromatic heterocycles. The predicted molar refractivity (Wildman–Crippen MR) is 67.5 cm³/mol. The standard InChI is InChI=1S/C15H24O2/c1-9(2)13(17-16)5-6-14(3)10-7-11-12(8-10)15(11,14)4/h10-13,16H,1,5-8H2,2-4H3/t10?,11-,12+,13-,14-,15?/m0/s1. The van der Waals surface area contributed by atoms with E-state index in [4.69, 9.17) is 5.26 Å². The van der Waals surface area contributed by atoms with Crippen LogP contribution in [0.1, 0.15) is 46.5 Å². The van der Waals surface area contributed by atoms with Crippen molar-refractivity contribution in [3.05, 3.63) is 12.2 Å². The topological polar surface area (TPSA) is 29.5 Å². The lowest BCUT2D eigenvalue weighted by molar-refractivity contribution is -0.270. The van der Waals surface area contributed by atoms with Gasteiger partial charge in [-0.3, -0.25) is 5.26 Å². The van der Waals surface area contributed by atoms with Gasteiger partial charge in [-0.05, 0) is 66.8 Å². The Kier molecular flexibility index (Phi) is 2.32. The van der Waals surface area contributed by atoms with Crippen LogP contribution >= 0.6 is 0 Å². The van der Waals surface area contributed by atoms with Crippen LogP contribution in [-0.2, 0) is 4.89 Å². The van der Waals surface area contributed by atoms with Crippen molar-refractivity contribution >= 4 is 0 Å². The fraction of sp³-hybridized carbons (Fsp3) is 0.867. The Balaban J connectivity index is 1.68. The normalized spacial score (nSPS) is 51.6. The van der Waals surface area contributed by atoms with Crippen LogP contribution in [0.2, 0.25) is 0 Å². The van der Waals surface area contributed by atoms with Gasteiger partial charge in [0.2, 0.25) is 0 Å². The van der Waals surface area contributed by atoms with Crippen molar-refractivity contribution < 1.29 is 10.1 Å². The van der Waals surface area contributed by atoms with Gasteiger partial charge < -0.3 is 0 Å². The van der Waals surface area contributed by atoms with Gasteiger partial charge in [-0.25, -0.2) is 4.89 Å². The van der Waals surface area contributed by atoms with Crippen molar-refractivity contribution in [1.82, 2.24) is 0 Å². The fourth-order valence-electron chi connectivity index (χ4n) is 5.33. The molecule has 6 atom stereocenters. The summed E-state index contributed by atoms with van der Waals surface area (Å²) in [5.41, 5.74) is 2.01. The summed E-state index contributed by atoms with van der Waals surface area (Å²) < 4.78 is 0. The summed E-state index contributed by atoms with van der Waals surface area (Å²) in [6.07, 6.45) is 4.81. The van der Waals surface area contributed by atoms with Crippen LogP contribution < -0.4 is 0 Å². The minimum absolute atomic E-state index is 0.176. The Labute approximate surface area is 104 Å². The van der Waals surface area contributed by atoms with E-state index in [2.05, 4.69) is 25.3 Å².